The molecule has 0 bridgehead atoms. The van der Waals surface area contributed by atoms with Crippen molar-refractivity contribution < 1.29 is 9.53 Å². The minimum absolute atomic E-state index is 0.0299. The van der Waals surface area contributed by atoms with Gasteiger partial charge in [-0.15, -0.1) is 0 Å². The van der Waals surface area contributed by atoms with Gasteiger partial charge in [0, 0.05) is 36.7 Å². The van der Waals surface area contributed by atoms with Crippen LogP contribution in [-0.2, 0) is 4.74 Å². The summed E-state index contributed by atoms with van der Waals surface area (Å²) in [7, 11) is 0. The van der Waals surface area contributed by atoms with Gasteiger partial charge in [0.2, 0.25) is 5.43 Å². The molecule has 6 nitrogen and oxygen atoms in total. The number of para-hydroxylation sites is 1. The fourth-order valence-corrected chi connectivity index (χ4v) is 3.85. The Kier molecular flexibility index (Phi) is 5.74. The second-order valence-electron chi connectivity index (χ2n) is 7.37. The third-order valence-electron chi connectivity index (χ3n) is 5.40. The normalized spacial score (nSPS) is 15.9. The highest BCUT2D eigenvalue weighted by Crippen LogP contribution is 2.22. The van der Waals surface area contributed by atoms with E-state index in [0.717, 1.165) is 24.2 Å². The lowest BCUT2D eigenvalue weighted by molar-refractivity contribution is 0.0162. The first kappa shape index (κ1) is 19.4. The molecule has 0 radical (unpaired) electrons. The van der Waals surface area contributed by atoms with Crippen molar-refractivity contribution in [1.29, 1.82) is 0 Å². The minimum Gasteiger partial charge on any atom is -0.379 e. The molecule has 6 heteroatoms. The van der Waals surface area contributed by atoms with E-state index in [1.807, 2.05) is 18.2 Å². The van der Waals surface area contributed by atoms with Crippen LogP contribution in [-0.4, -0.2) is 48.6 Å². The molecule has 1 amide bonds. The number of hydrogen-bond acceptors (Lipinski definition) is 4. The van der Waals surface area contributed by atoms with Crippen molar-refractivity contribution >= 4 is 16.8 Å². The van der Waals surface area contributed by atoms with Crippen molar-refractivity contribution in [3.8, 4) is 0 Å². The molecule has 1 aromatic heterocycles. The molecule has 1 atom stereocenters. The van der Waals surface area contributed by atoms with Gasteiger partial charge in [-0.3, -0.25) is 14.5 Å². The molecule has 1 aliphatic heterocycles. The predicted molar refractivity (Wildman–Crippen MR) is 113 cm³/mol. The molecule has 4 rings (SSSR count). The Balaban J connectivity index is 1.56. The van der Waals surface area contributed by atoms with Gasteiger partial charge in [-0.05, 0) is 24.6 Å². The predicted octanol–water partition coefficient (Wildman–Crippen LogP) is 2.64. The molecule has 1 saturated heterocycles. The van der Waals surface area contributed by atoms with E-state index < -0.39 is 0 Å². The largest absolute Gasteiger partial charge is 0.379 e. The van der Waals surface area contributed by atoms with Gasteiger partial charge in [0.15, 0.2) is 0 Å². The summed E-state index contributed by atoms with van der Waals surface area (Å²) in [5, 5.41) is 3.50. The zero-order valence-electron chi connectivity index (χ0n) is 16.5. The van der Waals surface area contributed by atoms with Crippen LogP contribution in [0.5, 0.6) is 0 Å². The Morgan fingerprint density at radius 2 is 1.97 bits per heavy atom. The number of carbonyl (C=O) groups is 1. The molecule has 2 aromatic carbocycles. The molecule has 1 fully saturated rings. The van der Waals surface area contributed by atoms with Crippen LogP contribution in [0.15, 0.2) is 59.5 Å². The summed E-state index contributed by atoms with van der Waals surface area (Å²) in [6.07, 6.45) is 1.50. The fourth-order valence-electron chi connectivity index (χ4n) is 3.85. The molecule has 29 heavy (non-hydrogen) atoms. The molecule has 3 aromatic rings. The van der Waals surface area contributed by atoms with Crippen LogP contribution < -0.4 is 10.7 Å². The lowest BCUT2D eigenvalue weighted by Gasteiger charge is -2.35. The number of benzene rings is 2. The summed E-state index contributed by atoms with van der Waals surface area (Å²) in [5.74, 6) is -0.358. The van der Waals surface area contributed by atoms with Gasteiger partial charge in [0.05, 0.1) is 19.3 Å². The summed E-state index contributed by atoms with van der Waals surface area (Å²) in [4.78, 5) is 30.9. The van der Waals surface area contributed by atoms with Crippen molar-refractivity contribution in [2.75, 3.05) is 32.8 Å². The van der Waals surface area contributed by atoms with E-state index in [0.29, 0.717) is 25.1 Å². The Morgan fingerprint density at radius 3 is 2.76 bits per heavy atom. The molecular formula is C23H25N3O3. The number of nitrogens with one attached hydrogen (secondary N) is 2. The zero-order valence-corrected chi connectivity index (χ0v) is 16.5. The molecule has 2 heterocycles. The lowest BCUT2D eigenvalue weighted by atomic mass is 10.0. The lowest BCUT2D eigenvalue weighted by Crippen LogP contribution is -2.44. The Hall–Kier alpha value is -2.96. The minimum atomic E-state index is -0.358. The number of pyridine rings is 1. The monoisotopic (exact) mass is 391 g/mol. The molecule has 1 aliphatic rings. The molecule has 2 N–H and O–H groups in total. The van der Waals surface area contributed by atoms with Crippen molar-refractivity contribution in [2.45, 2.75) is 13.0 Å². The van der Waals surface area contributed by atoms with Crippen LogP contribution in [0.3, 0.4) is 0 Å². The second-order valence-corrected chi connectivity index (χ2v) is 7.37. The molecule has 0 spiro atoms. The summed E-state index contributed by atoms with van der Waals surface area (Å²) < 4.78 is 5.49. The third kappa shape index (κ3) is 4.23. The summed E-state index contributed by atoms with van der Waals surface area (Å²) in [5.41, 5.74) is 2.93. The number of carbonyl (C=O) groups excluding carboxylic acids is 1. The van der Waals surface area contributed by atoms with Crippen molar-refractivity contribution in [2.24, 2.45) is 0 Å². The van der Waals surface area contributed by atoms with Crippen LogP contribution in [0.1, 0.15) is 27.5 Å². The maximum Gasteiger partial charge on any atom is 0.256 e. The van der Waals surface area contributed by atoms with Crippen LogP contribution in [0, 0.1) is 6.92 Å². The SMILES string of the molecule is Cc1cccc([C@@H](CNC(=O)c2c[nH]c3ccccc3c2=O)N2CCOCC2)c1. The number of fused-ring (bicyclic) bond motifs is 1. The van der Waals surface area contributed by atoms with E-state index in [2.05, 4.69) is 40.3 Å². The molecule has 150 valence electrons. The Bertz CT molecular complexity index is 1070. The van der Waals surface area contributed by atoms with Gasteiger partial charge in [0.25, 0.3) is 5.91 Å². The summed E-state index contributed by atoms with van der Waals surface area (Å²) in [6, 6.07) is 15.6. The maximum absolute atomic E-state index is 12.8. The van der Waals surface area contributed by atoms with Gasteiger partial charge >= 0.3 is 0 Å². The Morgan fingerprint density at radius 1 is 1.17 bits per heavy atom. The van der Waals surface area contributed by atoms with E-state index in [1.54, 1.807) is 12.1 Å². The van der Waals surface area contributed by atoms with Crippen molar-refractivity contribution in [3.05, 3.63) is 81.6 Å². The number of amides is 1. The van der Waals surface area contributed by atoms with E-state index in [-0.39, 0.29) is 22.9 Å². The number of H-pyrrole nitrogens is 1. The standard InChI is InChI=1S/C23H25N3O3/c1-16-5-4-6-17(13-16)21(26-9-11-29-12-10-26)15-25-23(28)19-14-24-20-8-3-2-7-18(20)22(19)27/h2-8,13-14,21H,9-12,15H2,1H3,(H,24,27)(H,25,28)/t21-/m1/s1. The molecule has 0 saturated carbocycles. The molecule has 0 unspecified atom stereocenters. The molecule has 0 aliphatic carbocycles. The van der Waals surface area contributed by atoms with Crippen molar-refractivity contribution in [3.63, 3.8) is 0 Å². The second kappa shape index (κ2) is 8.59. The number of ether oxygens (including phenoxy) is 1. The average molecular weight is 391 g/mol. The number of aromatic amines is 1. The first-order valence-electron chi connectivity index (χ1n) is 9.90. The number of aromatic nitrogens is 1. The van der Waals surface area contributed by atoms with E-state index in [1.165, 1.54) is 11.8 Å². The number of aryl methyl sites for hydroxylation is 1. The number of hydrogen-bond donors (Lipinski definition) is 2. The van der Waals surface area contributed by atoms with Gasteiger partial charge in [-0.25, -0.2) is 0 Å². The highest BCUT2D eigenvalue weighted by molar-refractivity contribution is 5.97. The van der Waals surface area contributed by atoms with E-state index in [9.17, 15) is 9.59 Å². The van der Waals surface area contributed by atoms with Crippen LogP contribution in [0.2, 0.25) is 0 Å². The number of rotatable bonds is 5. The Labute approximate surface area is 169 Å². The summed E-state index contributed by atoms with van der Waals surface area (Å²) in [6.45, 7) is 5.47. The van der Waals surface area contributed by atoms with Crippen LogP contribution >= 0.6 is 0 Å². The smallest absolute Gasteiger partial charge is 0.256 e. The fraction of sp³-hybridized carbons (Fsp3) is 0.304. The van der Waals surface area contributed by atoms with Crippen LogP contribution in [0.4, 0.5) is 0 Å². The van der Waals surface area contributed by atoms with Gasteiger partial charge in [-0.2, -0.15) is 0 Å². The van der Waals surface area contributed by atoms with Gasteiger partial charge < -0.3 is 15.0 Å². The number of nitrogens with zero attached hydrogens (tertiary/aromatic N) is 1. The quantitative estimate of drug-likeness (QED) is 0.701. The van der Waals surface area contributed by atoms with Gasteiger partial charge in [-0.1, -0.05) is 42.0 Å². The highest BCUT2D eigenvalue weighted by Gasteiger charge is 2.24. The third-order valence-corrected chi connectivity index (χ3v) is 5.40. The highest BCUT2D eigenvalue weighted by atomic mass is 16.5. The summed E-state index contributed by atoms with van der Waals surface area (Å²) >= 11 is 0. The maximum atomic E-state index is 12.8. The first-order chi connectivity index (χ1) is 14.1. The molecular weight excluding hydrogens is 366 g/mol. The first-order valence-corrected chi connectivity index (χ1v) is 9.90. The topological polar surface area (TPSA) is 74.4 Å². The number of morpholine rings is 1. The van der Waals surface area contributed by atoms with E-state index >= 15 is 0 Å². The van der Waals surface area contributed by atoms with Crippen molar-refractivity contribution in [1.82, 2.24) is 15.2 Å². The van der Waals surface area contributed by atoms with E-state index in [4.69, 9.17) is 4.74 Å². The zero-order chi connectivity index (χ0) is 20.2. The van der Waals surface area contributed by atoms with Crippen LogP contribution in [0.25, 0.3) is 10.9 Å². The average Bonchev–Trinajstić information content (AvgIpc) is 2.75. The van der Waals surface area contributed by atoms with Gasteiger partial charge in [0.1, 0.15) is 5.56 Å².